The van der Waals surface area contributed by atoms with Gasteiger partial charge in [0.15, 0.2) is 5.65 Å². The molecule has 1 aliphatic carbocycles. The standard InChI is InChI=1S/C22H29N7O3/c1-13(2)28-9-5-6-17(22(28)32)25-18-11-19(27(3)4)29-20(26-18)16(12-23-29)21(31)24-14-7-8-15(30)10-14/h5-6,9,11-15,30H,7-8,10H2,1-4H3,(H,24,31)(H,25,26)/t14?,15-/m0/s1. The average molecular weight is 440 g/mol. The molecule has 2 atom stereocenters. The molecule has 1 aliphatic rings. The minimum Gasteiger partial charge on any atom is -0.393 e. The van der Waals surface area contributed by atoms with Gasteiger partial charge in [0.25, 0.3) is 11.5 Å². The second-order valence-electron chi connectivity index (χ2n) is 8.68. The van der Waals surface area contributed by atoms with E-state index in [2.05, 4.69) is 20.7 Å². The average Bonchev–Trinajstić information content (AvgIpc) is 3.34. The normalized spacial score (nSPS) is 18.3. The molecule has 3 aromatic heterocycles. The number of rotatable bonds is 6. The lowest BCUT2D eigenvalue weighted by molar-refractivity contribution is 0.0935. The van der Waals surface area contributed by atoms with Gasteiger partial charge < -0.3 is 25.2 Å². The van der Waals surface area contributed by atoms with E-state index >= 15 is 0 Å². The summed E-state index contributed by atoms with van der Waals surface area (Å²) in [5, 5.41) is 20.2. The molecule has 1 unspecified atom stereocenters. The highest BCUT2D eigenvalue weighted by atomic mass is 16.3. The molecule has 3 N–H and O–H groups in total. The van der Waals surface area contributed by atoms with Crippen molar-refractivity contribution in [2.45, 2.75) is 51.3 Å². The van der Waals surface area contributed by atoms with Crippen LogP contribution in [0, 0.1) is 0 Å². The van der Waals surface area contributed by atoms with Crippen LogP contribution in [0.3, 0.4) is 0 Å². The second-order valence-corrected chi connectivity index (χ2v) is 8.68. The van der Waals surface area contributed by atoms with Crippen LogP contribution in [0.5, 0.6) is 0 Å². The van der Waals surface area contributed by atoms with E-state index in [1.807, 2.05) is 38.9 Å². The minimum absolute atomic E-state index is 0.0243. The van der Waals surface area contributed by atoms with Gasteiger partial charge in [-0.1, -0.05) is 0 Å². The number of fused-ring (bicyclic) bond motifs is 1. The molecule has 0 radical (unpaired) electrons. The first-order chi connectivity index (χ1) is 15.2. The van der Waals surface area contributed by atoms with Crippen molar-refractivity contribution in [1.82, 2.24) is 24.5 Å². The molecule has 3 heterocycles. The van der Waals surface area contributed by atoms with Crippen LogP contribution in [0.1, 0.15) is 49.5 Å². The number of nitrogens with one attached hydrogen (secondary N) is 2. The highest BCUT2D eigenvalue weighted by Gasteiger charge is 2.26. The van der Waals surface area contributed by atoms with E-state index in [1.165, 1.54) is 6.20 Å². The van der Waals surface area contributed by atoms with Crippen molar-refractivity contribution in [1.29, 1.82) is 0 Å². The summed E-state index contributed by atoms with van der Waals surface area (Å²) in [6.45, 7) is 3.89. The molecule has 1 amide bonds. The topological polar surface area (TPSA) is 117 Å². The molecule has 10 heteroatoms. The van der Waals surface area contributed by atoms with Gasteiger partial charge in [-0.05, 0) is 45.2 Å². The van der Waals surface area contributed by atoms with Gasteiger partial charge in [0.05, 0.1) is 12.3 Å². The fourth-order valence-electron chi connectivity index (χ4n) is 3.99. The van der Waals surface area contributed by atoms with Crippen LogP contribution in [0.15, 0.2) is 35.4 Å². The Balaban J connectivity index is 1.71. The van der Waals surface area contributed by atoms with E-state index in [0.29, 0.717) is 41.4 Å². The summed E-state index contributed by atoms with van der Waals surface area (Å²) in [7, 11) is 3.74. The Morgan fingerprint density at radius 1 is 1.31 bits per heavy atom. The van der Waals surface area contributed by atoms with Gasteiger partial charge in [0.2, 0.25) is 0 Å². The molecule has 4 rings (SSSR count). The summed E-state index contributed by atoms with van der Waals surface area (Å²) < 4.78 is 3.24. The minimum atomic E-state index is -0.376. The lowest BCUT2D eigenvalue weighted by Gasteiger charge is -2.17. The fourth-order valence-corrected chi connectivity index (χ4v) is 3.99. The molecular formula is C22H29N7O3. The Kier molecular flexibility index (Phi) is 5.88. The number of carbonyl (C=O) groups is 1. The number of pyridine rings is 1. The lowest BCUT2D eigenvalue weighted by atomic mass is 10.2. The number of amides is 1. The van der Waals surface area contributed by atoms with Crippen molar-refractivity contribution in [3.63, 3.8) is 0 Å². The Hall–Kier alpha value is -3.40. The first-order valence-electron chi connectivity index (χ1n) is 10.8. The van der Waals surface area contributed by atoms with Gasteiger partial charge in [0, 0.05) is 38.4 Å². The van der Waals surface area contributed by atoms with E-state index in [1.54, 1.807) is 27.4 Å². The molecule has 0 aromatic carbocycles. The van der Waals surface area contributed by atoms with Crippen molar-refractivity contribution in [3.05, 3.63) is 46.5 Å². The van der Waals surface area contributed by atoms with Gasteiger partial charge in [-0.25, -0.2) is 4.98 Å². The van der Waals surface area contributed by atoms with E-state index in [-0.39, 0.29) is 29.7 Å². The van der Waals surface area contributed by atoms with Crippen LogP contribution < -0.4 is 21.1 Å². The third-order valence-corrected chi connectivity index (χ3v) is 5.69. The molecule has 1 fully saturated rings. The van der Waals surface area contributed by atoms with Crippen LogP contribution in [-0.4, -0.2) is 56.4 Å². The van der Waals surface area contributed by atoms with Crippen LogP contribution in [0.4, 0.5) is 17.3 Å². The van der Waals surface area contributed by atoms with Crippen LogP contribution >= 0.6 is 0 Å². The monoisotopic (exact) mass is 439 g/mol. The molecule has 0 spiro atoms. The molecular weight excluding hydrogens is 410 g/mol. The molecule has 32 heavy (non-hydrogen) atoms. The number of hydrogen-bond donors (Lipinski definition) is 3. The number of hydrogen-bond acceptors (Lipinski definition) is 7. The quantitative estimate of drug-likeness (QED) is 0.537. The van der Waals surface area contributed by atoms with Gasteiger partial charge in [-0.15, -0.1) is 0 Å². The van der Waals surface area contributed by atoms with Crippen LogP contribution in [0.2, 0.25) is 0 Å². The Morgan fingerprint density at radius 3 is 2.75 bits per heavy atom. The van der Waals surface area contributed by atoms with Crippen LogP contribution in [-0.2, 0) is 0 Å². The summed E-state index contributed by atoms with van der Waals surface area (Å²) in [6.07, 6.45) is 4.84. The lowest BCUT2D eigenvalue weighted by Crippen LogP contribution is -2.33. The number of anilines is 3. The number of aliphatic hydroxyl groups is 1. The molecule has 10 nitrogen and oxygen atoms in total. The van der Waals surface area contributed by atoms with Crippen molar-refractivity contribution >= 4 is 28.9 Å². The predicted molar refractivity (Wildman–Crippen MR) is 123 cm³/mol. The van der Waals surface area contributed by atoms with Gasteiger partial charge >= 0.3 is 0 Å². The maximum atomic E-state index is 12.9. The molecule has 1 saturated carbocycles. The zero-order valence-corrected chi connectivity index (χ0v) is 18.7. The Bertz CT molecular complexity index is 1200. The van der Waals surface area contributed by atoms with Gasteiger partial charge in [-0.2, -0.15) is 9.61 Å². The zero-order valence-electron chi connectivity index (χ0n) is 18.7. The maximum absolute atomic E-state index is 12.9. The first-order valence-corrected chi connectivity index (χ1v) is 10.8. The number of aromatic nitrogens is 4. The first kappa shape index (κ1) is 21.8. The van der Waals surface area contributed by atoms with Crippen molar-refractivity contribution in [2.24, 2.45) is 0 Å². The summed E-state index contributed by atoms with van der Waals surface area (Å²) in [5.74, 6) is 0.855. The summed E-state index contributed by atoms with van der Waals surface area (Å²) >= 11 is 0. The van der Waals surface area contributed by atoms with Gasteiger partial charge in [0.1, 0.15) is 22.9 Å². The molecule has 0 bridgehead atoms. The summed E-state index contributed by atoms with van der Waals surface area (Å²) in [6, 6.07) is 5.25. The highest BCUT2D eigenvalue weighted by Crippen LogP contribution is 2.24. The van der Waals surface area contributed by atoms with Crippen LogP contribution in [0.25, 0.3) is 5.65 Å². The SMILES string of the molecule is CC(C)n1cccc(Nc2cc(N(C)C)n3ncc(C(=O)NC4CC[C@H](O)C4)c3n2)c1=O. The van der Waals surface area contributed by atoms with E-state index in [4.69, 9.17) is 0 Å². The van der Waals surface area contributed by atoms with E-state index in [9.17, 15) is 14.7 Å². The maximum Gasteiger partial charge on any atom is 0.274 e. The fraction of sp³-hybridized carbons (Fsp3) is 0.455. The van der Waals surface area contributed by atoms with E-state index < -0.39 is 0 Å². The molecule has 170 valence electrons. The van der Waals surface area contributed by atoms with Crippen molar-refractivity contribution in [2.75, 3.05) is 24.3 Å². The third kappa shape index (κ3) is 4.18. The molecule has 0 saturated heterocycles. The Labute approximate surface area is 185 Å². The summed E-state index contributed by atoms with van der Waals surface area (Å²) in [5.41, 5.74) is 0.968. The van der Waals surface area contributed by atoms with E-state index in [0.717, 1.165) is 6.42 Å². The van der Waals surface area contributed by atoms with Crippen molar-refractivity contribution in [3.8, 4) is 0 Å². The molecule has 0 aliphatic heterocycles. The predicted octanol–water partition coefficient (Wildman–Crippen LogP) is 1.92. The van der Waals surface area contributed by atoms with Gasteiger partial charge in [-0.3, -0.25) is 9.59 Å². The summed E-state index contributed by atoms with van der Waals surface area (Å²) in [4.78, 5) is 32.2. The third-order valence-electron chi connectivity index (χ3n) is 5.69. The second kappa shape index (κ2) is 8.62. The smallest absolute Gasteiger partial charge is 0.274 e. The number of nitrogens with zero attached hydrogens (tertiary/aromatic N) is 5. The largest absolute Gasteiger partial charge is 0.393 e. The highest BCUT2D eigenvalue weighted by molar-refractivity contribution is 6.00. The zero-order chi connectivity index (χ0) is 23.0. The number of carbonyl (C=O) groups excluding carboxylic acids is 1. The molecule has 3 aromatic rings. The number of aliphatic hydroxyl groups excluding tert-OH is 1. The Morgan fingerprint density at radius 2 is 2.09 bits per heavy atom. The van der Waals surface area contributed by atoms with Crippen molar-refractivity contribution < 1.29 is 9.90 Å².